The van der Waals surface area contributed by atoms with Gasteiger partial charge < -0.3 is 25.0 Å². The van der Waals surface area contributed by atoms with Gasteiger partial charge in [0.05, 0.1) is 24.9 Å². The molecule has 1 aliphatic rings. The fourth-order valence-corrected chi connectivity index (χ4v) is 6.17. The summed E-state index contributed by atoms with van der Waals surface area (Å²) in [4.78, 5) is 25.6. The third-order valence-electron chi connectivity index (χ3n) is 9.24. The lowest BCUT2D eigenvalue weighted by atomic mass is 9.97. The van der Waals surface area contributed by atoms with E-state index in [-0.39, 0.29) is 43.6 Å². The van der Waals surface area contributed by atoms with Gasteiger partial charge in [-0.25, -0.2) is 5.48 Å². The van der Waals surface area contributed by atoms with Crippen LogP contribution in [-0.2, 0) is 32.2 Å². The Morgan fingerprint density at radius 2 is 1.54 bits per heavy atom. The maximum Gasteiger partial charge on any atom is 0.243 e. The Hall–Kier alpha value is -4.42. The molecule has 4 aromatic carbocycles. The Kier molecular flexibility index (Phi) is 13.3. The fraction of sp³-hybridized carbons (Fsp3) is 0.350. The number of hydroxylamine groups is 1. The highest BCUT2D eigenvalue weighted by atomic mass is 16.7. The van der Waals surface area contributed by atoms with E-state index in [4.69, 9.17) is 14.7 Å². The minimum absolute atomic E-state index is 0.0293. The summed E-state index contributed by atoms with van der Waals surface area (Å²) in [5, 5.41) is 32.2. The molecule has 0 bridgehead atoms. The van der Waals surface area contributed by atoms with Gasteiger partial charge >= 0.3 is 0 Å². The summed E-state index contributed by atoms with van der Waals surface area (Å²) < 4.78 is 13.3. The van der Waals surface area contributed by atoms with Crippen molar-refractivity contribution in [2.24, 2.45) is 0 Å². The van der Waals surface area contributed by atoms with Crippen molar-refractivity contribution in [3.63, 3.8) is 0 Å². The molecule has 5 rings (SSSR count). The zero-order chi connectivity index (χ0) is 35.5. The highest BCUT2D eigenvalue weighted by molar-refractivity contribution is 5.78. The van der Waals surface area contributed by atoms with E-state index in [0.717, 1.165) is 38.9 Å². The van der Waals surface area contributed by atoms with Crippen LogP contribution in [0.3, 0.4) is 0 Å². The number of benzene rings is 4. The van der Waals surface area contributed by atoms with Crippen LogP contribution in [0, 0.1) is 0 Å². The average molecular weight is 682 g/mol. The number of carbonyl (C=O) groups excluding carboxylic acids is 2. The Morgan fingerprint density at radius 3 is 2.26 bits per heavy atom. The molecule has 1 saturated heterocycles. The molecule has 10 heteroatoms. The fourth-order valence-electron chi connectivity index (χ4n) is 6.17. The second kappa shape index (κ2) is 18.0. The molecule has 1 aliphatic heterocycles. The van der Waals surface area contributed by atoms with Crippen molar-refractivity contribution in [3.8, 4) is 11.1 Å². The Bertz CT molecular complexity index is 1680. The van der Waals surface area contributed by atoms with Gasteiger partial charge in [-0.05, 0) is 65.9 Å². The molecule has 5 N–H and O–H groups in total. The lowest BCUT2D eigenvalue weighted by Gasteiger charge is -2.39. The molecular formula is C40H47N3O7. The summed E-state index contributed by atoms with van der Waals surface area (Å²) in [6.07, 6.45) is -0.509. The molecule has 0 saturated carbocycles. The topological polar surface area (TPSA) is 141 Å². The number of hydrogen-bond donors (Lipinski definition) is 5. The molecule has 0 radical (unpaired) electrons. The van der Waals surface area contributed by atoms with Crippen molar-refractivity contribution >= 4 is 11.8 Å². The monoisotopic (exact) mass is 681 g/mol. The maximum absolute atomic E-state index is 12.3. The van der Waals surface area contributed by atoms with Crippen LogP contribution in [0.25, 0.3) is 11.1 Å². The molecule has 4 aromatic rings. The molecule has 0 unspecified atom stereocenters. The van der Waals surface area contributed by atoms with Gasteiger partial charge in [0.1, 0.15) is 0 Å². The van der Waals surface area contributed by atoms with Crippen molar-refractivity contribution in [1.29, 1.82) is 0 Å². The van der Waals surface area contributed by atoms with Crippen LogP contribution in [0.5, 0.6) is 0 Å². The minimum Gasteiger partial charge on any atom is -0.392 e. The van der Waals surface area contributed by atoms with Crippen molar-refractivity contribution in [2.75, 3.05) is 13.6 Å². The predicted molar refractivity (Wildman–Crippen MR) is 189 cm³/mol. The molecule has 10 nitrogen and oxygen atoms in total. The zero-order valence-corrected chi connectivity index (χ0v) is 28.6. The molecule has 50 heavy (non-hydrogen) atoms. The average Bonchev–Trinajstić information content (AvgIpc) is 3.16. The van der Waals surface area contributed by atoms with E-state index >= 15 is 0 Å². The van der Waals surface area contributed by atoms with Crippen LogP contribution in [0.15, 0.2) is 103 Å². The first-order valence-electron chi connectivity index (χ1n) is 17.1. The first kappa shape index (κ1) is 36.9. The number of rotatable bonds is 15. The normalized spacial score (nSPS) is 18.7. The molecule has 1 heterocycles. The van der Waals surface area contributed by atoms with Gasteiger partial charge in [-0.1, -0.05) is 91.0 Å². The second-order valence-electron chi connectivity index (χ2n) is 12.9. The molecule has 0 aromatic heterocycles. The number of hydrogen-bond acceptors (Lipinski definition) is 8. The van der Waals surface area contributed by atoms with Crippen LogP contribution in [0.4, 0.5) is 0 Å². The molecule has 1 fully saturated rings. The largest absolute Gasteiger partial charge is 0.392 e. The van der Waals surface area contributed by atoms with Crippen LogP contribution >= 0.6 is 0 Å². The number of ether oxygens (including phenoxy) is 2. The van der Waals surface area contributed by atoms with Crippen molar-refractivity contribution in [2.45, 2.75) is 76.4 Å². The van der Waals surface area contributed by atoms with Crippen molar-refractivity contribution < 1.29 is 34.5 Å². The molecule has 0 aliphatic carbocycles. The third kappa shape index (κ3) is 10.1. The third-order valence-corrected chi connectivity index (χ3v) is 9.24. The first-order chi connectivity index (χ1) is 24.2. The van der Waals surface area contributed by atoms with Gasteiger partial charge in [-0.3, -0.25) is 19.7 Å². The SMILES string of the molecule is C[C@@H]([C@H](O)c1ccccc1)N(C)C[C@H]1C[C@@H](c2ccc(CO)cc2)O[C@@H](c2cccc(-c3cccc(CNC(=O)CCCC(=O)NO)c3)c2)O1. The van der Waals surface area contributed by atoms with Gasteiger partial charge in [0, 0.05) is 44.0 Å². The minimum atomic E-state index is -0.653. The van der Waals surface area contributed by atoms with Crippen LogP contribution in [0.2, 0.25) is 0 Å². The van der Waals surface area contributed by atoms with E-state index in [1.165, 1.54) is 0 Å². The highest BCUT2D eigenvalue weighted by Crippen LogP contribution is 2.39. The molecule has 2 amide bonds. The number of amides is 2. The van der Waals surface area contributed by atoms with E-state index in [2.05, 4.69) is 16.3 Å². The van der Waals surface area contributed by atoms with Gasteiger partial charge in [0.25, 0.3) is 0 Å². The number of aliphatic hydroxyl groups excluding tert-OH is 2. The second-order valence-corrected chi connectivity index (χ2v) is 12.9. The lowest BCUT2D eigenvalue weighted by molar-refractivity contribution is -0.253. The summed E-state index contributed by atoms with van der Waals surface area (Å²) in [5.41, 5.74) is 8.03. The summed E-state index contributed by atoms with van der Waals surface area (Å²) in [6, 6.07) is 33.3. The smallest absolute Gasteiger partial charge is 0.243 e. The lowest BCUT2D eigenvalue weighted by Crippen LogP contribution is -2.43. The van der Waals surface area contributed by atoms with Crippen LogP contribution in [0.1, 0.15) is 78.9 Å². The number of nitrogens with one attached hydrogen (secondary N) is 2. The zero-order valence-electron chi connectivity index (χ0n) is 28.6. The van der Waals surface area contributed by atoms with E-state index in [1.807, 2.05) is 111 Å². The van der Waals surface area contributed by atoms with Gasteiger partial charge in [-0.2, -0.15) is 0 Å². The Morgan fingerprint density at radius 1 is 0.840 bits per heavy atom. The predicted octanol–water partition coefficient (Wildman–Crippen LogP) is 5.74. The molecule has 0 spiro atoms. The Balaban J connectivity index is 1.30. The van der Waals surface area contributed by atoms with Crippen molar-refractivity contribution in [1.82, 2.24) is 15.7 Å². The number of likely N-dealkylation sites (N-methyl/N-ethyl adjacent to an activating group) is 1. The van der Waals surface area contributed by atoms with E-state index in [0.29, 0.717) is 25.9 Å². The van der Waals surface area contributed by atoms with Gasteiger partial charge in [0.15, 0.2) is 6.29 Å². The quantitative estimate of drug-likeness (QED) is 0.0791. The highest BCUT2D eigenvalue weighted by Gasteiger charge is 2.34. The van der Waals surface area contributed by atoms with Crippen LogP contribution < -0.4 is 10.8 Å². The van der Waals surface area contributed by atoms with E-state index in [1.54, 1.807) is 5.48 Å². The van der Waals surface area contributed by atoms with Gasteiger partial charge in [-0.15, -0.1) is 0 Å². The van der Waals surface area contributed by atoms with Crippen LogP contribution in [-0.4, -0.2) is 57.9 Å². The summed E-state index contributed by atoms with van der Waals surface area (Å²) in [6.45, 7) is 2.91. The number of carbonyl (C=O) groups is 2. The molecular weight excluding hydrogens is 634 g/mol. The van der Waals surface area contributed by atoms with Gasteiger partial charge in [0.2, 0.25) is 11.8 Å². The maximum atomic E-state index is 12.3. The Labute approximate surface area is 293 Å². The summed E-state index contributed by atoms with van der Waals surface area (Å²) >= 11 is 0. The number of aliphatic hydroxyl groups is 2. The van der Waals surface area contributed by atoms with E-state index in [9.17, 15) is 19.8 Å². The van der Waals surface area contributed by atoms with E-state index < -0.39 is 18.3 Å². The first-order valence-corrected chi connectivity index (χ1v) is 17.1. The summed E-state index contributed by atoms with van der Waals surface area (Å²) in [7, 11) is 2.00. The summed E-state index contributed by atoms with van der Waals surface area (Å²) in [5.74, 6) is -0.681. The standard InChI is InChI=1S/C40H47N3O7/c1-27(39(47)31-10-4-3-5-11-31)43(2)25-35-23-36(30-19-17-28(26-44)18-20-30)50-40(49-35)34-14-7-13-33(22-34)32-12-6-9-29(21-32)24-41-37(45)15-8-16-38(46)42-48/h3-7,9-14,17-22,27,35-36,39-40,44,47-48H,8,15-16,23-26H2,1-2H3,(H,41,45)(H,42,46)/t27-,35+,36-,39-,40-/m0/s1. The molecule has 264 valence electrons. The number of nitrogens with zero attached hydrogens (tertiary/aromatic N) is 1. The van der Waals surface area contributed by atoms with Crippen molar-refractivity contribution in [3.05, 3.63) is 131 Å². The molecule has 5 atom stereocenters.